The monoisotopic (exact) mass is 526 g/mol. The number of halogens is 3. The van der Waals surface area contributed by atoms with Crippen LogP contribution in [0.25, 0.3) is 10.9 Å². The van der Waals surface area contributed by atoms with Gasteiger partial charge in [-0.1, -0.05) is 26.8 Å². The minimum absolute atomic E-state index is 0.00412. The Bertz CT molecular complexity index is 1820. The molecule has 1 fully saturated rings. The highest BCUT2D eigenvalue weighted by atomic mass is 19.3. The number of nitrogens with zero attached hydrogens (tertiary/aromatic N) is 1. The van der Waals surface area contributed by atoms with E-state index in [1.807, 2.05) is 0 Å². The zero-order valence-corrected chi connectivity index (χ0v) is 20.2. The average molecular weight is 527 g/mol. The van der Waals surface area contributed by atoms with Crippen molar-refractivity contribution in [1.29, 1.82) is 0 Å². The molecule has 0 bridgehead atoms. The zero-order valence-electron chi connectivity index (χ0n) is 29.2. The fourth-order valence-corrected chi connectivity index (χ4v) is 4.41. The molecule has 1 aromatic heterocycles. The van der Waals surface area contributed by atoms with Gasteiger partial charge in [-0.05, 0) is 60.6 Å². The molecule has 6 nitrogen and oxygen atoms in total. The maximum Gasteiger partial charge on any atom is 0.586 e. The number of aromatic nitrogens is 1. The van der Waals surface area contributed by atoms with Crippen LogP contribution in [0.5, 0.6) is 11.5 Å². The van der Waals surface area contributed by atoms with Gasteiger partial charge < -0.3 is 24.3 Å². The molecule has 2 aliphatic rings. The Morgan fingerprint density at radius 3 is 2.59 bits per heavy atom. The lowest BCUT2D eigenvalue weighted by molar-refractivity contribution is -0.286. The number of hydrogen-bond donors (Lipinski definition) is 2. The van der Waals surface area contributed by atoms with Crippen molar-refractivity contribution in [2.75, 3.05) is 6.56 Å². The third kappa shape index (κ3) is 4.48. The van der Waals surface area contributed by atoms with E-state index >= 15 is 4.39 Å². The Balaban J connectivity index is 1.67. The molecule has 9 heteroatoms. The average Bonchev–Trinajstić information content (AvgIpc) is 3.58. The molecule has 3 aromatic rings. The van der Waals surface area contributed by atoms with Gasteiger partial charge in [0.25, 0.3) is 0 Å². The van der Waals surface area contributed by atoms with E-state index in [1.54, 1.807) is 20.8 Å². The summed E-state index contributed by atoms with van der Waals surface area (Å²) in [6, 6.07) is -4.36. The van der Waals surface area contributed by atoms with E-state index in [-0.39, 0.29) is 23.9 Å². The SMILES string of the molecule is [2H]c1c([2H])c(C2(C(=O)Cc3c(F)c([2H])c4c(c3[2H])c([2H])c(C(C)(C)CC)n4C[C@]([2H])(O)C([2H])([2H])O)CC2)c([2H])c2c1OC(F)(F)O2. The van der Waals surface area contributed by atoms with Gasteiger partial charge in [0.15, 0.2) is 11.5 Å². The highest BCUT2D eigenvalue weighted by Crippen LogP contribution is 2.52. The molecule has 0 saturated heterocycles. The molecular weight excluding hydrogens is 487 g/mol. The van der Waals surface area contributed by atoms with E-state index in [4.69, 9.17) is 12.3 Å². The molecule has 1 atom stereocenters. The molecule has 0 amide bonds. The number of ether oxygens (including phenoxy) is 2. The van der Waals surface area contributed by atoms with Gasteiger partial charge in [0, 0.05) is 22.9 Å². The summed E-state index contributed by atoms with van der Waals surface area (Å²) in [4.78, 5) is 13.8. The number of benzene rings is 2. The van der Waals surface area contributed by atoms with Crippen molar-refractivity contribution < 1.29 is 50.0 Å². The van der Waals surface area contributed by atoms with Gasteiger partial charge in [0.1, 0.15) is 11.6 Å². The summed E-state index contributed by atoms with van der Waals surface area (Å²) in [6.07, 6.45) is -7.96. The van der Waals surface area contributed by atoms with Gasteiger partial charge in [-0.15, -0.1) is 8.78 Å². The Hall–Kier alpha value is -3.04. The van der Waals surface area contributed by atoms with Gasteiger partial charge in [0.05, 0.1) is 42.5 Å². The van der Waals surface area contributed by atoms with Crippen LogP contribution in [0.15, 0.2) is 36.3 Å². The van der Waals surface area contributed by atoms with Gasteiger partial charge in [-0.3, -0.25) is 4.79 Å². The second-order valence-corrected chi connectivity index (χ2v) is 9.88. The molecular formula is C28H30F3NO5. The third-order valence-corrected chi connectivity index (χ3v) is 7.04. The standard InChI is InChI=1S/C28H30F3NO5/c1-4-26(2,3)24-10-17-9-16(20(29)13-21(17)32(24)14-19(34)15-33)11-25(35)27(7-8-27)18-5-6-22-23(12-18)37-28(30,31)36-22/h5-6,9-10,12-13,19,33-34H,4,7-8,11,14-15H2,1-3H3/t19-/m0/s1/i5D,6D,9D,10D,12D,13D,15D2,19D. The van der Waals surface area contributed by atoms with Crippen molar-refractivity contribution in [2.45, 2.75) is 76.2 Å². The van der Waals surface area contributed by atoms with Crippen LogP contribution in [0.4, 0.5) is 13.2 Å². The first-order valence-corrected chi connectivity index (χ1v) is 11.6. The Morgan fingerprint density at radius 2 is 1.95 bits per heavy atom. The van der Waals surface area contributed by atoms with Crippen LogP contribution in [0.1, 0.15) is 69.2 Å². The Labute approximate surface area is 225 Å². The number of alkyl halides is 2. The summed E-state index contributed by atoms with van der Waals surface area (Å²) < 4.78 is 128. The summed E-state index contributed by atoms with van der Waals surface area (Å²) in [7, 11) is 0. The van der Waals surface area contributed by atoms with Crippen molar-refractivity contribution in [3.8, 4) is 11.5 Å². The quantitative estimate of drug-likeness (QED) is 0.411. The first-order valence-electron chi connectivity index (χ1n) is 16.1. The third-order valence-electron chi connectivity index (χ3n) is 7.04. The fraction of sp³-hybridized carbons (Fsp3) is 0.464. The minimum Gasteiger partial charge on any atom is -0.395 e. The highest BCUT2D eigenvalue weighted by molar-refractivity contribution is 5.95. The molecule has 2 heterocycles. The lowest BCUT2D eigenvalue weighted by Crippen LogP contribution is -2.26. The zero-order chi connectivity index (χ0) is 34.7. The summed E-state index contributed by atoms with van der Waals surface area (Å²) in [5.74, 6) is -3.86. The van der Waals surface area contributed by atoms with E-state index in [2.05, 4.69) is 9.47 Å². The molecule has 0 radical (unpaired) electrons. The second kappa shape index (κ2) is 8.77. The van der Waals surface area contributed by atoms with Crippen LogP contribution in [0.2, 0.25) is 0 Å². The molecule has 1 aliphatic carbocycles. The maximum atomic E-state index is 16.0. The predicted molar refractivity (Wildman–Crippen MR) is 131 cm³/mol. The number of carbonyl (C=O) groups excluding carboxylic acids is 1. The molecule has 198 valence electrons. The van der Waals surface area contributed by atoms with Crippen LogP contribution >= 0.6 is 0 Å². The Morgan fingerprint density at radius 1 is 1.24 bits per heavy atom. The van der Waals surface area contributed by atoms with E-state index in [0.29, 0.717) is 6.42 Å². The van der Waals surface area contributed by atoms with Crippen molar-refractivity contribution in [3.05, 3.63) is 58.9 Å². The summed E-state index contributed by atoms with van der Waals surface area (Å²) in [6.45, 7) is 0.537. The van der Waals surface area contributed by atoms with Crippen LogP contribution in [0, 0.1) is 5.82 Å². The topological polar surface area (TPSA) is 80.9 Å². The molecule has 5 rings (SSSR count). The van der Waals surface area contributed by atoms with Gasteiger partial charge >= 0.3 is 6.29 Å². The molecule has 0 unspecified atom stereocenters. The lowest BCUT2D eigenvalue weighted by Gasteiger charge is -2.26. The van der Waals surface area contributed by atoms with Crippen LogP contribution < -0.4 is 9.47 Å². The van der Waals surface area contributed by atoms with Crippen LogP contribution in [0.3, 0.4) is 0 Å². The summed E-state index contributed by atoms with van der Waals surface area (Å²) in [5.41, 5.74) is -4.08. The van der Waals surface area contributed by atoms with E-state index in [1.165, 1.54) is 0 Å². The summed E-state index contributed by atoms with van der Waals surface area (Å²) in [5, 5.41) is 20.0. The maximum absolute atomic E-state index is 16.0. The molecule has 1 saturated carbocycles. The molecule has 1 aliphatic heterocycles. The number of Topliss-reactive ketones (excluding diaryl/α,β-unsaturated/α-hetero) is 1. The second-order valence-electron chi connectivity index (χ2n) is 9.88. The first kappa shape index (κ1) is 16.7. The minimum atomic E-state index is -4.20. The number of aliphatic hydroxyl groups is 2. The smallest absolute Gasteiger partial charge is 0.395 e. The number of fused-ring (bicyclic) bond motifs is 2. The van der Waals surface area contributed by atoms with E-state index < -0.39 is 119 Å². The fourth-order valence-electron chi connectivity index (χ4n) is 4.41. The van der Waals surface area contributed by atoms with Gasteiger partial charge in [-0.2, -0.15) is 0 Å². The van der Waals surface area contributed by atoms with E-state index in [0.717, 1.165) is 4.57 Å². The summed E-state index contributed by atoms with van der Waals surface area (Å²) >= 11 is 0. The molecule has 37 heavy (non-hydrogen) atoms. The predicted octanol–water partition coefficient (Wildman–Crippen LogP) is 4.99. The first-order chi connectivity index (χ1) is 20.9. The Kier molecular flexibility index (Phi) is 3.97. The molecule has 2 N–H and O–H groups in total. The molecule has 2 aromatic carbocycles. The van der Waals surface area contributed by atoms with Crippen molar-refractivity contribution >= 4 is 16.7 Å². The van der Waals surface area contributed by atoms with Gasteiger partial charge in [-0.25, -0.2) is 4.39 Å². The number of rotatable bonds is 9. The van der Waals surface area contributed by atoms with Crippen molar-refractivity contribution in [3.63, 3.8) is 0 Å². The van der Waals surface area contributed by atoms with E-state index in [9.17, 15) is 23.8 Å². The molecule has 0 spiro atoms. The number of carbonyl (C=O) groups is 1. The highest BCUT2D eigenvalue weighted by Gasteiger charge is 2.52. The number of hydrogen-bond acceptors (Lipinski definition) is 5. The van der Waals surface area contributed by atoms with Crippen molar-refractivity contribution in [1.82, 2.24) is 4.57 Å². The largest absolute Gasteiger partial charge is 0.586 e. The van der Waals surface area contributed by atoms with Crippen LogP contribution in [-0.4, -0.2) is 39.5 Å². The normalized spacial score (nSPS) is 23.0. The van der Waals surface area contributed by atoms with Crippen LogP contribution in [-0.2, 0) is 28.6 Å². The van der Waals surface area contributed by atoms with Gasteiger partial charge in [0.2, 0.25) is 0 Å². The number of ketones is 1. The van der Waals surface area contributed by atoms with Crippen molar-refractivity contribution in [2.24, 2.45) is 0 Å². The lowest BCUT2D eigenvalue weighted by atomic mass is 9.86.